The van der Waals surface area contributed by atoms with Crippen molar-refractivity contribution in [2.75, 3.05) is 48.8 Å². The largest absolute Gasteiger partial charge is 0.390 e. The summed E-state index contributed by atoms with van der Waals surface area (Å²) in [4.78, 5) is 16.8. The molecule has 5 nitrogen and oxygen atoms in total. The number of halogens is 1. The number of nitrogens with one attached hydrogen (secondary N) is 1. The Labute approximate surface area is 165 Å². The molecule has 6 heteroatoms. The number of aryl methyl sites for hydroxylation is 1. The Bertz CT molecular complexity index is 741. The molecule has 0 radical (unpaired) electrons. The summed E-state index contributed by atoms with van der Waals surface area (Å²) < 4.78 is 0. The van der Waals surface area contributed by atoms with Gasteiger partial charge in [0, 0.05) is 49.7 Å². The number of anilines is 2. The molecular formula is C21H26ClN3O2. The van der Waals surface area contributed by atoms with Crippen LogP contribution in [0.5, 0.6) is 0 Å². The summed E-state index contributed by atoms with van der Waals surface area (Å²) in [6.07, 6.45) is -0.550. The minimum absolute atomic E-state index is 0.104. The smallest absolute Gasteiger partial charge is 0.253 e. The first-order chi connectivity index (χ1) is 13.1. The standard InChI is InChI=1S/C21H26ClN3O2/c1-16-2-4-17(5-3-16)21(27)25-12-10-24(11-13-25)19-8-6-18(7-9-19)23-15-20(26)14-22/h2-9,20,23,26H,10-15H2,1H3. The van der Waals surface area contributed by atoms with Crippen molar-refractivity contribution in [1.82, 2.24) is 4.90 Å². The number of hydrogen-bond acceptors (Lipinski definition) is 4. The van der Waals surface area contributed by atoms with E-state index in [9.17, 15) is 9.90 Å². The number of alkyl halides is 1. The van der Waals surface area contributed by atoms with Crippen LogP contribution in [0.4, 0.5) is 11.4 Å². The first-order valence-electron chi connectivity index (χ1n) is 9.25. The molecule has 0 aromatic heterocycles. The zero-order valence-electron chi connectivity index (χ0n) is 15.6. The van der Waals surface area contributed by atoms with E-state index in [1.54, 1.807) is 0 Å². The molecule has 1 fully saturated rings. The Kier molecular flexibility index (Phi) is 6.58. The van der Waals surface area contributed by atoms with Crippen molar-refractivity contribution in [3.05, 3.63) is 59.7 Å². The van der Waals surface area contributed by atoms with Gasteiger partial charge in [0.25, 0.3) is 5.91 Å². The van der Waals surface area contributed by atoms with E-state index >= 15 is 0 Å². The zero-order valence-corrected chi connectivity index (χ0v) is 16.3. The van der Waals surface area contributed by atoms with Crippen LogP contribution in [0.25, 0.3) is 0 Å². The third kappa shape index (κ3) is 5.15. The molecule has 1 amide bonds. The minimum Gasteiger partial charge on any atom is -0.390 e. The Morgan fingerprint density at radius 1 is 1.07 bits per heavy atom. The van der Waals surface area contributed by atoms with Crippen LogP contribution in [0.1, 0.15) is 15.9 Å². The molecule has 3 rings (SSSR count). The molecule has 1 aliphatic heterocycles. The monoisotopic (exact) mass is 387 g/mol. The van der Waals surface area contributed by atoms with Crippen molar-refractivity contribution >= 4 is 28.9 Å². The van der Waals surface area contributed by atoms with Crippen LogP contribution in [-0.2, 0) is 0 Å². The van der Waals surface area contributed by atoms with Gasteiger partial charge >= 0.3 is 0 Å². The van der Waals surface area contributed by atoms with Crippen LogP contribution in [0.2, 0.25) is 0 Å². The zero-order chi connectivity index (χ0) is 19.2. The molecule has 2 aromatic rings. The molecule has 0 bridgehead atoms. The number of rotatable bonds is 6. The number of hydrogen-bond donors (Lipinski definition) is 2. The number of nitrogens with zero attached hydrogens (tertiary/aromatic N) is 2. The highest BCUT2D eigenvalue weighted by atomic mass is 35.5. The predicted molar refractivity (Wildman–Crippen MR) is 111 cm³/mol. The fourth-order valence-electron chi connectivity index (χ4n) is 3.13. The van der Waals surface area contributed by atoms with Crippen molar-refractivity contribution in [2.45, 2.75) is 13.0 Å². The lowest BCUT2D eigenvalue weighted by molar-refractivity contribution is 0.0747. The molecule has 1 atom stereocenters. The first kappa shape index (κ1) is 19.5. The molecule has 144 valence electrons. The second-order valence-corrected chi connectivity index (χ2v) is 7.19. The summed E-state index contributed by atoms with van der Waals surface area (Å²) in [5.74, 6) is 0.323. The van der Waals surface area contributed by atoms with Gasteiger partial charge in [0.15, 0.2) is 0 Å². The van der Waals surface area contributed by atoms with Gasteiger partial charge in [-0.3, -0.25) is 4.79 Å². The normalized spacial score (nSPS) is 15.5. The summed E-state index contributed by atoms with van der Waals surface area (Å²) in [5.41, 5.74) is 4.01. The van der Waals surface area contributed by atoms with E-state index in [1.165, 1.54) is 0 Å². The van der Waals surface area contributed by atoms with Crippen molar-refractivity contribution in [3.8, 4) is 0 Å². The van der Waals surface area contributed by atoms with E-state index in [0.29, 0.717) is 19.6 Å². The molecule has 1 aliphatic rings. The van der Waals surface area contributed by atoms with Gasteiger partial charge in [0.2, 0.25) is 0 Å². The summed E-state index contributed by atoms with van der Waals surface area (Å²) >= 11 is 5.60. The summed E-state index contributed by atoms with van der Waals surface area (Å²) in [7, 11) is 0. The summed E-state index contributed by atoms with van der Waals surface area (Å²) in [6.45, 7) is 5.52. The minimum atomic E-state index is -0.550. The molecule has 1 heterocycles. The van der Waals surface area contributed by atoms with E-state index in [1.807, 2.05) is 48.2 Å². The molecule has 2 N–H and O–H groups in total. The average Bonchev–Trinajstić information content (AvgIpc) is 2.72. The van der Waals surface area contributed by atoms with Gasteiger partial charge in [-0.25, -0.2) is 0 Å². The summed E-state index contributed by atoms with van der Waals surface area (Å²) in [6, 6.07) is 15.9. The predicted octanol–water partition coefficient (Wildman–Crippen LogP) is 2.97. The van der Waals surface area contributed by atoms with Crippen molar-refractivity contribution in [1.29, 1.82) is 0 Å². The quantitative estimate of drug-likeness (QED) is 0.748. The highest BCUT2D eigenvalue weighted by molar-refractivity contribution is 6.18. The van der Waals surface area contributed by atoms with Crippen molar-refractivity contribution in [2.24, 2.45) is 0 Å². The Morgan fingerprint density at radius 2 is 1.70 bits per heavy atom. The van der Waals surface area contributed by atoms with Gasteiger partial charge < -0.3 is 20.2 Å². The van der Waals surface area contributed by atoms with Crippen LogP contribution >= 0.6 is 11.6 Å². The van der Waals surface area contributed by atoms with Gasteiger partial charge in [-0.2, -0.15) is 0 Å². The van der Waals surface area contributed by atoms with E-state index in [2.05, 4.69) is 22.3 Å². The fraction of sp³-hybridized carbons (Fsp3) is 0.381. The highest BCUT2D eigenvalue weighted by Gasteiger charge is 2.22. The average molecular weight is 388 g/mol. The number of benzene rings is 2. The van der Waals surface area contributed by atoms with Gasteiger partial charge in [0.1, 0.15) is 0 Å². The lowest BCUT2D eigenvalue weighted by Gasteiger charge is -2.36. The Hall–Kier alpha value is -2.24. The lowest BCUT2D eigenvalue weighted by Crippen LogP contribution is -2.48. The fourth-order valence-corrected chi connectivity index (χ4v) is 3.24. The van der Waals surface area contributed by atoms with Gasteiger partial charge in [-0.15, -0.1) is 11.6 Å². The maximum absolute atomic E-state index is 12.6. The van der Waals surface area contributed by atoms with E-state index in [4.69, 9.17) is 11.6 Å². The number of aliphatic hydroxyl groups excluding tert-OH is 1. The Morgan fingerprint density at radius 3 is 2.30 bits per heavy atom. The van der Waals surface area contributed by atoms with Crippen LogP contribution in [0, 0.1) is 6.92 Å². The third-order valence-electron chi connectivity index (χ3n) is 4.82. The van der Waals surface area contributed by atoms with Crippen molar-refractivity contribution < 1.29 is 9.90 Å². The van der Waals surface area contributed by atoms with Crippen LogP contribution in [0.15, 0.2) is 48.5 Å². The number of carbonyl (C=O) groups is 1. The van der Waals surface area contributed by atoms with Crippen LogP contribution < -0.4 is 10.2 Å². The number of aliphatic hydroxyl groups is 1. The van der Waals surface area contributed by atoms with Gasteiger partial charge in [-0.1, -0.05) is 17.7 Å². The molecule has 0 saturated carbocycles. The van der Waals surface area contributed by atoms with E-state index in [0.717, 1.165) is 35.6 Å². The number of amides is 1. The first-order valence-corrected chi connectivity index (χ1v) is 9.79. The number of piperazine rings is 1. The maximum atomic E-state index is 12.6. The molecule has 1 saturated heterocycles. The molecule has 2 aromatic carbocycles. The highest BCUT2D eigenvalue weighted by Crippen LogP contribution is 2.20. The van der Waals surface area contributed by atoms with Crippen LogP contribution in [0.3, 0.4) is 0 Å². The molecule has 0 spiro atoms. The van der Waals surface area contributed by atoms with E-state index in [-0.39, 0.29) is 11.8 Å². The third-order valence-corrected chi connectivity index (χ3v) is 5.17. The maximum Gasteiger partial charge on any atom is 0.253 e. The SMILES string of the molecule is Cc1ccc(C(=O)N2CCN(c3ccc(NCC(O)CCl)cc3)CC2)cc1. The van der Waals surface area contributed by atoms with Gasteiger partial charge in [0.05, 0.1) is 12.0 Å². The second-order valence-electron chi connectivity index (χ2n) is 6.88. The molecule has 27 heavy (non-hydrogen) atoms. The van der Waals surface area contributed by atoms with Crippen molar-refractivity contribution in [3.63, 3.8) is 0 Å². The molecule has 1 unspecified atom stereocenters. The lowest BCUT2D eigenvalue weighted by atomic mass is 10.1. The molecular weight excluding hydrogens is 362 g/mol. The Balaban J connectivity index is 1.52. The van der Waals surface area contributed by atoms with Crippen LogP contribution in [-0.4, -0.2) is 60.6 Å². The van der Waals surface area contributed by atoms with Gasteiger partial charge in [-0.05, 0) is 43.3 Å². The second kappa shape index (κ2) is 9.11. The summed E-state index contributed by atoms with van der Waals surface area (Å²) in [5, 5.41) is 12.7. The molecule has 0 aliphatic carbocycles. The topological polar surface area (TPSA) is 55.8 Å². The number of carbonyl (C=O) groups excluding carboxylic acids is 1. The van der Waals surface area contributed by atoms with E-state index < -0.39 is 6.10 Å².